The van der Waals surface area contributed by atoms with Crippen molar-refractivity contribution in [1.29, 1.82) is 0 Å². The van der Waals surface area contributed by atoms with Gasteiger partial charge in [0.15, 0.2) is 11.5 Å². The molecule has 1 amide bonds. The average molecular weight is 389 g/mol. The standard InChI is InChI=1S/C19H23N3O4S/c1-11-4-3-5-14(12(11)2)20-17(23)9-27-19-22-21-18(26-19)13-6-7-15-16(8-13)25-10-24-15/h6-8,11-12,14H,3-5,9-10H2,1-2H3,(H,20,23)/t11-,12+,14-/m0/s1. The van der Waals surface area contributed by atoms with Crippen LogP contribution in [0.5, 0.6) is 11.5 Å². The van der Waals surface area contributed by atoms with Gasteiger partial charge in [-0.3, -0.25) is 4.79 Å². The zero-order valence-electron chi connectivity index (χ0n) is 15.4. The lowest BCUT2D eigenvalue weighted by molar-refractivity contribution is -0.120. The van der Waals surface area contributed by atoms with Gasteiger partial charge in [-0.2, -0.15) is 0 Å². The molecule has 2 aliphatic rings. The molecule has 4 rings (SSSR count). The van der Waals surface area contributed by atoms with E-state index in [0.717, 1.165) is 12.0 Å². The van der Waals surface area contributed by atoms with Crippen LogP contribution in [0.3, 0.4) is 0 Å². The van der Waals surface area contributed by atoms with Crippen molar-refractivity contribution >= 4 is 17.7 Å². The number of amides is 1. The zero-order chi connectivity index (χ0) is 18.8. The van der Waals surface area contributed by atoms with E-state index >= 15 is 0 Å². The largest absolute Gasteiger partial charge is 0.454 e. The molecule has 2 heterocycles. The zero-order valence-corrected chi connectivity index (χ0v) is 16.3. The second-order valence-corrected chi connectivity index (χ2v) is 8.10. The molecule has 27 heavy (non-hydrogen) atoms. The molecule has 1 fully saturated rings. The highest BCUT2D eigenvalue weighted by atomic mass is 32.2. The Morgan fingerprint density at radius 2 is 2.07 bits per heavy atom. The van der Waals surface area contributed by atoms with Gasteiger partial charge in [0.05, 0.1) is 5.75 Å². The molecule has 2 aromatic rings. The van der Waals surface area contributed by atoms with E-state index in [-0.39, 0.29) is 24.5 Å². The Labute approximate surface area is 162 Å². The number of fused-ring (bicyclic) bond motifs is 1. The van der Waals surface area contributed by atoms with Crippen molar-refractivity contribution in [2.75, 3.05) is 12.5 Å². The predicted octanol–water partition coefficient (Wildman–Crippen LogP) is 3.50. The molecular formula is C19H23N3O4S. The molecule has 1 aromatic heterocycles. The van der Waals surface area contributed by atoms with Crippen LogP contribution >= 0.6 is 11.8 Å². The Morgan fingerprint density at radius 1 is 1.22 bits per heavy atom. The molecule has 8 heteroatoms. The fourth-order valence-electron chi connectivity index (χ4n) is 3.58. The number of nitrogens with zero attached hydrogens (tertiary/aromatic N) is 2. The molecule has 0 radical (unpaired) electrons. The van der Waals surface area contributed by atoms with Crippen LogP contribution in [0.2, 0.25) is 0 Å². The molecule has 7 nitrogen and oxygen atoms in total. The smallest absolute Gasteiger partial charge is 0.277 e. The second-order valence-electron chi connectivity index (χ2n) is 7.17. The van der Waals surface area contributed by atoms with E-state index in [1.807, 2.05) is 18.2 Å². The summed E-state index contributed by atoms with van der Waals surface area (Å²) in [6, 6.07) is 5.72. The molecule has 3 atom stereocenters. The Hall–Kier alpha value is -2.22. The first-order chi connectivity index (χ1) is 13.1. The summed E-state index contributed by atoms with van der Waals surface area (Å²) >= 11 is 1.25. The van der Waals surface area contributed by atoms with E-state index in [1.165, 1.54) is 24.6 Å². The van der Waals surface area contributed by atoms with E-state index in [9.17, 15) is 4.79 Å². The normalized spacial score (nSPS) is 24.0. The quantitative estimate of drug-likeness (QED) is 0.783. The molecule has 1 aliphatic carbocycles. The van der Waals surface area contributed by atoms with E-state index < -0.39 is 0 Å². The van der Waals surface area contributed by atoms with Crippen LogP contribution in [0.25, 0.3) is 11.5 Å². The molecule has 0 unspecified atom stereocenters. The summed E-state index contributed by atoms with van der Waals surface area (Å²) in [4.78, 5) is 12.3. The summed E-state index contributed by atoms with van der Waals surface area (Å²) in [5.74, 6) is 3.19. The number of carbonyl (C=O) groups is 1. The topological polar surface area (TPSA) is 86.5 Å². The maximum absolute atomic E-state index is 12.3. The molecule has 1 aliphatic heterocycles. The first-order valence-electron chi connectivity index (χ1n) is 9.26. The monoisotopic (exact) mass is 389 g/mol. The van der Waals surface area contributed by atoms with Crippen LogP contribution in [-0.4, -0.2) is 34.7 Å². The summed E-state index contributed by atoms with van der Waals surface area (Å²) in [7, 11) is 0. The van der Waals surface area contributed by atoms with E-state index in [4.69, 9.17) is 13.9 Å². The van der Waals surface area contributed by atoms with Gasteiger partial charge in [0.2, 0.25) is 18.6 Å². The van der Waals surface area contributed by atoms with Gasteiger partial charge in [-0.1, -0.05) is 38.5 Å². The third kappa shape index (κ3) is 4.05. The molecule has 144 valence electrons. The Morgan fingerprint density at radius 3 is 2.96 bits per heavy atom. The van der Waals surface area contributed by atoms with Gasteiger partial charge in [0.1, 0.15) is 0 Å². The van der Waals surface area contributed by atoms with E-state index in [2.05, 4.69) is 29.4 Å². The Bertz CT molecular complexity index is 825. The number of ether oxygens (including phenoxy) is 2. The molecule has 0 bridgehead atoms. The Balaban J connectivity index is 1.32. The highest BCUT2D eigenvalue weighted by Crippen LogP contribution is 2.36. The Kier molecular flexibility index (Phi) is 5.24. The van der Waals surface area contributed by atoms with Gasteiger partial charge in [0, 0.05) is 11.6 Å². The van der Waals surface area contributed by atoms with Crippen molar-refractivity contribution in [3.8, 4) is 23.0 Å². The van der Waals surface area contributed by atoms with Gasteiger partial charge in [-0.05, 0) is 36.5 Å². The fourth-order valence-corrected chi connectivity index (χ4v) is 4.15. The van der Waals surface area contributed by atoms with Crippen molar-refractivity contribution in [2.45, 2.75) is 44.4 Å². The van der Waals surface area contributed by atoms with Gasteiger partial charge < -0.3 is 19.2 Å². The van der Waals surface area contributed by atoms with Crippen LogP contribution in [-0.2, 0) is 4.79 Å². The number of aromatic nitrogens is 2. The third-order valence-corrected chi connectivity index (χ3v) is 6.22. The van der Waals surface area contributed by atoms with Gasteiger partial charge in [-0.15, -0.1) is 10.2 Å². The maximum atomic E-state index is 12.3. The molecule has 0 saturated heterocycles. The van der Waals surface area contributed by atoms with Crippen molar-refractivity contribution in [2.24, 2.45) is 11.8 Å². The molecule has 1 N–H and O–H groups in total. The van der Waals surface area contributed by atoms with Crippen LogP contribution in [0, 0.1) is 11.8 Å². The summed E-state index contributed by atoms with van der Waals surface area (Å²) in [6.45, 7) is 4.70. The third-order valence-electron chi connectivity index (χ3n) is 5.41. The molecule has 1 saturated carbocycles. The van der Waals surface area contributed by atoms with Crippen molar-refractivity contribution < 1.29 is 18.7 Å². The van der Waals surface area contributed by atoms with Crippen LogP contribution in [0.1, 0.15) is 33.1 Å². The number of nitrogens with one attached hydrogen (secondary N) is 1. The van der Waals surface area contributed by atoms with Gasteiger partial charge in [0.25, 0.3) is 5.22 Å². The molecular weight excluding hydrogens is 366 g/mol. The lowest BCUT2D eigenvalue weighted by Gasteiger charge is -2.34. The summed E-state index contributed by atoms with van der Waals surface area (Å²) in [5, 5.41) is 11.6. The fraction of sp³-hybridized carbons (Fsp3) is 0.526. The lowest BCUT2D eigenvalue weighted by Crippen LogP contribution is -2.44. The second kappa shape index (κ2) is 7.80. The van der Waals surface area contributed by atoms with Crippen LogP contribution < -0.4 is 14.8 Å². The highest BCUT2D eigenvalue weighted by Gasteiger charge is 2.28. The summed E-state index contributed by atoms with van der Waals surface area (Å²) in [5.41, 5.74) is 0.757. The number of benzene rings is 1. The van der Waals surface area contributed by atoms with Gasteiger partial charge in [-0.25, -0.2) is 0 Å². The van der Waals surface area contributed by atoms with E-state index in [0.29, 0.717) is 34.4 Å². The minimum atomic E-state index is 0.00813. The van der Waals surface area contributed by atoms with E-state index in [1.54, 1.807) is 0 Å². The van der Waals surface area contributed by atoms with Crippen LogP contribution in [0.4, 0.5) is 0 Å². The first-order valence-corrected chi connectivity index (χ1v) is 10.2. The minimum absolute atomic E-state index is 0.00813. The number of hydrogen-bond donors (Lipinski definition) is 1. The number of thioether (sulfide) groups is 1. The SMILES string of the molecule is C[C@H]1[C@@H](NC(=O)CSc2nnc(-c3ccc4c(c3)OCO4)o2)CCC[C@@H]1C. The maximum Gasteiger partial charge on any atom is 0.277 e. The summed E-state index contributed by atoms with van der Waals surface area (Å²) < 4.78 is 16.3. The highest BCUT2D eigenvalue weighted by molar-refractivity contribution is 7.99. The number of carbonyl (C=O) groups excluding carboxylic acids is 1. The minimum Gasteiger partial charge on any atom is -0.454 e. The molecule has 0 spiro atoms. The number of hydrogen-bond acceptors (Lipinski definition) is 7. The lowest BCUT2D eigenvalue weighted by atomic mass is 9.78. The summed E-state index contributed by atoms with van der Waals surface area (Å²) in [6.07, 6.45) is 3.47. The van der Waals surface area contributed by atoms with Crippen LogP contribution in [0.15, 0.2) is 27.8 Å². The number of rotatable bonds is 5. The van der Waals surface area contributed by atoms with Gasteiger partial charge >= 0.3 is 0 Å². The van der Waals surface area contributed by atoms with Crippen molar-refractivity contribution in [3.63, 3.8) is 0 Å². The van der Waals surface area contributed by atoms with Crippen molar-refractivity contribution in [1.82, 2.24) is 15.5 Å². The first kappa shape index (κ1) is 18.2. The average Bonchev–Trinajstić information content (AvgIpc) is 3.32. The predicted molar refractivity (Wildman–Crippen MR) is 101 cm³/mol. The molecule has 1 aromatic carbocycles. The van der Waals surface area contributed by atoms with Crippen molar-refractivity contribution in [3.05, 3.63) is 18.2 Å².